The summed E-state index contributed by atoms with van der Waals surface area (Å²) in [5.41, 5.74) is 3.32. The number of aromatic nitrogens is 1. The Hall–Kier alpha value is -3.58. The van der Waals surface area contributed by atoms with Gasteiger partial charge in [-0.25, -0.2) is 4.39 Å². The third-order valence-corrected chi connectivity index (χ3v) is 6.42. The number of piperazine rings is 1. The van der Waals surface area contributed by atoms with Crippen LogP contribution in [0, 0.1) is 5.82 Å². The minimum absolute atomic E-state index is 0.00302. The summed E-state index contributed by atoms with van der Waals surface area (Å²) in [4.78, 5) is 32.9. The lowest BCUT2D eigenvalue weighted by molar-refractivity contribution is -0.159. The Bertz CT molecular complexity index is 1140. The Morgan fingerprint density at radius 1 is 1.06 bits per heavy atom. The topological polar surface area (TPSA) is 73.7 Å². The second-order valence-corrected chi connectivity index (χ2v) is 8.20. The molecule has 0 aliphatic carbocycles. The molecule has 0 radical (unpaired) electrons. The van der Waals surface area contributed by atoms with Crippen LogP contribution in [0.2, 0.25) is 0 Å². The van der Waals surface area contributed by atoms with Gasteiger partial charge in [0.1, 0.15) is 12.4 Å². The van der Waals surface area contributed by atoms with Crippen molar-refractivity contribution in [3.8, 4) is 11.1 Å². The van der Waals surface area contributed by atoms with Crippen LogP contribution in [0.5, 0.6) is 0 Å². The average Bonchev–Trinajstić information content (AvgIpc) is 2.81. The Morgan fingerprint density at radius 3 is 2.38 bits per heavy atom. The van der Waals surface area contributed by atoms with E-state index in [4.69, 9.17) is 0 Å². The minimum Gasteiger partial charge on any atom is -0.394 e. The van der Waals surface area contributed by atoms with Gasteiger partial charge in [0.05, 0.1) is 24.3 Å². The first kappa shape index (κ1) is 20.3. The molecule has 2 aliphatic rings. The number of carbonyl (C=O) groups is 2. The van der Waals surface area contributed by atoms with Gasteiger partial charge in [0, 0.05) is 24.9 Å². The quantitative estimate of drug-likeness (QED) is 0.690. The molecule has 0 bridgehead atoms. The Kier molecular flexibility index (Phi) is 5.19. The molecule has 7 heteroatoms. The number of aliphatic hydroxyl groups excluding tert-OH is 1. The maximum atomic E-state index is 13.2. The summed E-state index contributed by atoms with van der Waals surface area (Å²) in [6.07, 6.45) is 3.10. The predicted molar refractivity (Wildman–Crippen MR) is 116 cm³/mol. The molecular formula is C25H22FN3O3. The Morgan fingerprint density at radius 2 is 1.75 bits per heavy atom. The highest BCUT2D eigenvalue weighted by atomic mass is 19.1. The molecule has 162 valence electrons. The molecule has 2 amide bonds. The zero-order valence-corrected chi connectivity index (χ0v) is 17.3. The van der Waals surface area contributed by atoms with Gasteiger partial charge in [0.2, 0.25) is 5.91 Å². The fraction of sp³-hybridized carbons (Fsp3) is 0.240. The van der Waals surface area contributed by atoms with E-state index in [0.29, 0.717) is 12.1 Å². The maximum absolute atomic E-state index is 13.2. The van der Waals surface area contributed by atoms with Gasteiger partial charge in [0.25, 0.3) is 5.91 Å². The van der Waals surface area contributed by atoms with Gasteiger partial charge in [-0.2, -0.15) is 0 Å². The molecule has 2 saturated heterocycles. The van der Waals surface area contributed by atoms with Crippen molar-refractivity contribution >= 4 is 11.8 Å². The number of hydrogen-bond donors (Lipinski definition) is 1. The zero-order chi connectivity index (χ0) is 22.2. The van der Waals surface area contributed by atoms with Gasteiger partial charge in [-0.3, -0.25) is 14.6 Å². The third kappa shape index (κ3) is 3.44. The van der Waals surface area contributed by atoms with Gasteiger partial charge in [-0.05, 0) is 41.0 Å². The summed E-state index contributed by atoms with van der Waals surface area (Å²) in [6.45, 7) is 0.264. The summed E-state index contributed by atoms with van der Waals surface area (Å²) in [7, 11) is 0. The first-order valence-electron chi connectivity index (χ1n) is 10.5. The Balaban J connectivity index is 1.38. The lowest BCUT2D eigenvalue weighted by atomic mass is 9.73. The van der Waals surface area contributed by atoms with E-state index in [-0.39, 0.29) is 48.8 Å². The second-order valence-electron chi connectivity index (χ2n) is 8.20. The van der Waals surface area contributed by atoms with E-state index in [9.17, 15) is 19.1 Å². The number of benzene rings is 2. The van der Waals surface area contributed by atoms with Gasteiger partial charge in [-0.1, -0.05) is 36.4 Å². The minimum atomic E-state index is -0.306. The van der Waals surface area contributed by atoms with Crippen molar-refractivity contribution in [3.63, 3.8) is 0 Å². The van der Waals surface area contributed by atoms with Crippen LogP contribution in [0.15, 0.2) is 73.1 Å². The van der Waals surface area contributed by atoms with E-state index in [0.717, 1.165) is 16.7 Å². The van der Waals surface area contributed by atoms with Crippen LogP contribution in [0.3, 0.4) is 0 Å². The highest BCUT2D eigenvalue weighted by Gasteiger charge is 2.54. The molecule has 6 nitrogen and oxygen atoms in total. The highest BCUT2D eigenvalue weighted by Crippen LogP contribution is 2.43. The summed E-state index contributed by atoms with van der Waals surface area (Å²) in [5.74, 6) is -0.727. The van der Waals surface area contributed by atoms with Gasteiger partial charge in [-0.15, -0.1) is 0 Å². The van der Waals surface area contributed by atoms with E-state index < -0.39 is 0 Å². The van der Waals surface area contributed by atoms with E-state index in [1.165, 1.54) is 18.3 Å². The van der Waals surface area contributed by atoms with Crippen molar-refractivity contribution in [2.75, 3.05) is 19.7 Å². The van der Waals surface area contributed by atoms with Crippen molar-refractivity contribution in [2.45, 2.75) is 18.0 Å². The summed E-state index contributed by atoms with van der Waals surface area (Å²) < 4.78 is 13.2. The van der Waals surface area contributed by atoms with Crippen LogP contribution in [0.4, 0.5) is 4.39 Å². The molecule has 0 unspecified atom stereocenters. The van der Waals surface area contributed by atoms with Crippen molar-refractivity contribution < 1.29 is 19.1 Å². The molecule has 2 fully saturated rings. The van der Waals surface area contributed by atoms with Gasteiger partial charge < -0.3 is 14.9 Å². The van der Waals surface area contributed by atoms with E-state index in [2.05, 4.69) is 4.98 Å². The molecule has 1 N–H and O–H groups in total. The summed E-state index contributed by atoms with van der Waals surface area (Å²) in [6, 6.07) is 17.1. The number of rotatable bonds is 4. The first-order chi connectivity index (χ1) is 15.6. The number of hydrogen-bond acceptors (Lipinski definition) is 4. The first-order valence-corrected chi connectivity index (χ1v) is 10.5. The third-order valence-electron chi connectivity index (χ3n) is 6.42. The van der Waals surface area contributed by atoms with E-state index in [1.54, 1.807) is 40.3 Å². The molecule has 0 saturated carbocycles. The van der Waals surface area contributed by atoms with E-state index >= 15 is 0 Å². The summed E-state index contributed by atoms with van der Waals surface area (Å²) in [5, 5.41) is 9.97. The highest BCUT2D eigenvalue weighted by molar-refractivity contribution is 5.97. The average molecular weight is 431 g/mol. The predicted octanol–water partition coefficient (Wildman–Crippen LogP) is 2.70. The standard InChI is InChI=1S/C25H22FN3O3/c26-20-9-7-17(8-10-20)16-3-5-18(6-4-16)24-21-13-28(14-23(31)29(21)22(24)15-30)25(32)19-2-1-11-27-12-19/h1-12,21-22,24,30H,13-15H2/t21-,22-,24+/m1/s1. The van der Waals surface area contributed by atoms with Crippen LogP contribution < -0.4 is 0 Å². The van der Waals surface area contributed by atoms with Gasteiger partial charge >= 0.3 is 0 Å². The van der Waals surface area contributed by atoms with Crippen LogP contribution in [-0.2, 0) is 4.79 Å². The largest absolute Gasteiger partial charge is 0.394 e. The van der Waals surface area contributed by atoms with Crippen LogP contribution in [0.25, 0.3) is 11.1 Å². The van der Waals surface area contributed by atoms with Crippen molar-refractivity contribution in [1.82, 2.24) is 14.8 Å². The van der Waals surface area contributed by atoms with Crippen molar-refractivity contribution in [2.24, 2.45) is 0 Å². The summed E-state index contributed by atoms with van der Waals surface area (Å²) >= 11 is 0. The monoisotopic (exact) mass is 431 g/mol. The second kappa shape index (κ2) is 8.16. The van der Waals surface area contributed by atoms with Gasteiger partial charge in [0.15, 0.2) is 0 Å². The fourth-order valence-electron chi connectivity index (χ4n) is 4.87. The number of carbonyl (C=O) groups excluding carboxylic acids is 2. The SMILES string of the molecule is O=C(c1cccnc1)N1CC(=O)N2[C@H](CO)[C@@H](c3ccc(-c4ccc(F)cc4)cc3)[C@H]2C1. The Labute approximate surface area is 184 Å². The number of halogens is 1. The van der Waals surface area contributed by atoms with Crippen molar-refractivity contribution in [3.05, 3.63) is 90.0 Å². The molecule has 2 aromatic carbocycles. The molecule has 0 spiro atoms. The van der Waals surface area contributed by atoms with E-state index in [1.807, 2.05) is 24.3 Å². The number of amides is 2. The smallest absolute Gasteiger partial charge is 0.255 e. The number of pyridine rings is 1. The molecular weight excluding hydrogens is 409 g/mol. The number of aliphatic hydroxyl groups is 1. The molecule has 3 heterocycles. The number of nitrogens with zero attached hydrogens (tertiary/aromatic N) is 3. The molecule has 1 aromatic heterocycles. The van der Waals surface area contributed by atoms with Crippen molar-refractivity contribution in [1.29, 1.82) is 0 Å². The molecule has 2 aliphatic heterocycles. The number of fused-ring (bicyclic) bond motifs is 1. The van der Waals surface area contributed by atoms with Crippen LogP contribution in [0.1, 0.15) is 21.8 Å². The molecule has 5 rings (SSSR count). The van der Waals surface area contributed by atoms with Crippen LogP contribution in [-0.4, -0.2) is 63.5 Å². The normalized spacial score (nSPS) is 22.3. The van der Waals surface area contributed by atoms with Crippen LogP contribution >= 0.6 is 0 Å². The molecule has 32 heavy (non-hydrogen) atoms. The lowest BCUT2D eigenvalue weighted by Gasteiger charge is -2.58. The molecule has 3 atom stereocenters. The lowest BCUT2D eigenvalue weighted by Crippen LogP contribution is -2.73. The maximum Gasteiger partial charge on any atom is 0.255 e. The zero-order valence-electron chi connectivity index (χ0n) is 17.3. The fourth-order valence-corrected chi connectivity index (χ4v) is 4.87. The molecule has 3 aromatic rings.